The number of Topliss-reactive ketones (excluding diaryl/α,β-unsaturated/α-hetero) is 1. The Kier molecular flexibility index (Phi) is 2.96. The highest BCUT2D eigenvalue weighted by molar-refractivity contribution is 7.93. The van der Waals surface area contributed by atoms with Crippen molar-refractivity contribution in [2.24, 2.45) is 7.05 Å². The molecule has 0 N–H and O–H groups in total. The molecule has 0 spiro atoms. The first kappa shape index (κ1) is 14.2. The monoisotopic (exact) mass is 325 g/mol. The molecule has 0 saturated heterocycles. The summed E-state index contributed by atoms with van der Waals surface area (Å²) in [5.41, 5.74) is 2.18. The number of carbonyl (C=O) groups excluding carboxylic acids is 1. The molecular formula is C18H15NO3S. The topological polar surface area (TPSA) is 56.1 Å². The molecule has 3 aromatic rings. The predicted molar refractivity (Wildman–Crippen MR) is 88.4 cm³/mol. The normalized spacial score (nSPS) is 17.6. The van der Waals surface area contributed by atoms with Crippen LogP contribution in [0.5, 0.6) is 0 Å². The molecule has 1 aromatic heterocycles. The summed E-state index contributed by atoms with van der Waals surface area (Å²) in [6, 6.07) is 14.5. The van der Waals surface area contributed by atoms with Crippen LogP contribution in [0.15, 0.2) is 59.6 Å². The van der Waals surface area contributed by atoms with E-state index in [1.807, 2.05) is 37.4 Å². The van der Waals surface area contributed by atoms with Gasteiger partial charge in [0, 0.05) is 29.7 Å². The smallest absolute Gasteiger partial charge is 0.191 e. The number of ketones is 1. The van der Waals surface area contributed by atoms with Gasteiger partial charge in [-0.15, -0.1) is 0 Å². The molecule has 0 saturated carbocycles. The Balaban J connectivity index is 1.87. The Bertz CT molecular complexity index is 1050. The number of aromatic nitrogens is 1. The van der Waals surface area contributed by atoms with Gasteiger partial charge < -0.3 is 4.57 Å². The maximum absolute atomic E-state index is 13.1. The lowest BCUT2D eigenvalue weighted by molar-refractivity contribution is 0.0998. The number of sulfone groups is 1. The van der Waals surface area contributed by atoms with Crippen LogP contribution in [0.3, 0.4) is 0 Å². The summed E-state index contributed by atoms with van der Waals surface area (Å²) >= 11 is 0. The Labute approximate surface area is 134 Å². The van der Waals surface area contributed by atoms with Crippen molar-refractivity contribution < 1.29 is 13.2 Å². The second-order valence-corrected chi connectivity index (χ2v) is 7.98. The molecule has 4 rings (SSSR count). The zero-order valence-electron chi connectivity index (χ0n) is 12.6. The van der Waals surface area contributed by atoms with Crippen LogP contribution >= 0.6 is 0 Å². The summed E-state index contributed by atoms with van der Waals surface area (Å²) in [6.45, 7) is 0. The van der Waals surface area contributed by atoms with Gasteiger partial charge in [-0.3, -0.25) is 4.79 Å². The molecule has 2 aromatic carbocycles. The van der Waals surface area contributed by atoms with E-state index in [4.69, 9.17) is 0 Å². The van der Waals surface area contributed by atoms with Gasteiger partial charge in [0.1, 0.15) is 5.25 Å². The number of hydrogen-bond donors (Lipinski definition) is 0. The first-order chi connectivity index (χ1) is 11.0. The van der Waals surface area contributed by atoms with Gasteiger partial charge in [-0.2, -0.15) is 0 Å². The summed E-state index contributed by atoms with van der Waals surface area (Å²) in [5, 5.41) is -0.357. The van der Waals surface area contributed by atoms with Crippen molar-refractivity contribution in [1.82, 2.24) is 4.57 Å². The van der Waals surface area contributed by atoms with Crippen LogP contribution < -0.4 is 0 Å². The highest BCUT2D eigenvalue weighted by atomic mass is 32.2. The number of rotatable bonds is 2. The third-order valence-electron chi connectivity index (χ3n) is 4.52. The molecule has 4 nitrogen and oxygen atoms in total. The Morgan fingerprint density at radius 3 is 2.52 bits per heavy atom. The SMILES string of the molecule is Cn1cc(S(=O)(=O)C2Cc3ccccc3C2=O)c2ccccc21. The highest BCUT2D eigenvalue weighted by Crippen LogP contribution is 2.33. The van der Waals surface area contributed by atoms with Gasteiger partial charge in [-0.05, 0) is 18.1 Å². The van der Waals surface area contributed by atoms with Crippen molar-refractivity contribution in [2.75, 3.05) is 0 Å². The van der Waals surface area contributed by atoms with E-state index in [1.165, 1.54) is 0 Å². The lowest BCUT2D eigenvalue weighted by Gasteiger charge is -2.09. The zero-order valence-corrected chi connectivity index (χ0v) is 13.4. The molecule has 0 amide bonds. The lowest BCUT2D eigenvalue weighted by Crippen LogP contribution is -2.27. The molecule has 1 aliphatic rings. The molecule has 1 unspecified atom stereocenters. The van der Waals surface area contributed by atoms with Gasteiger partial charge in [-0.25, -0.2) is 8.42 Å². The zero-order chi connectivity index (χ0) is 16.2. The van der Waals surface area contributed by atoms with Crippen LogP contribution in [0.25, 0.3) is 10.9 Å². The van der Waals surface area contributed by atoms with Crippen molar-refractivity contribution in [3.05, 3.63) is 65.9 Å². The molecule has 0 radical (unpaired) electrons. The molecular weight excluding hydrogens is 310 g/mol. The second kappa shape index (κ2) is 4.80. The van der Waals surface area contributed by atoms with Gasteiger partial charge in [0.25, 0.3) is 0 Å². The van der Waals surface area contributed by atoms with Crippen molar-refractivity contribution in [3.63, 3.8) is 0 Å². The molecule has 0 aliphatic heterocycles. The van der Waals surface area contributed by atoms with Gasteiger partial charge in [0.2, 0.25) is 0 Å². The molecule has 116 valence electrons. The Morgan fingerprint density at radius 2 is 1.74 bits per heavy atom. The van der Waals surface area contributed by atoms with Crippen molar-refractivity contribution in [2.45, 2.75) is 16.6 Å². The van der Waals surface area contributed by atoms with E-state index in [1.54, 1.807) is 29.0 Å². The van der Waals surface area contributed by atoms with E-state index >= 15 is 0 Å². The van der Waals surface area contributed by atoms with E-state index < -0.39 is 15.1 Å². The largest absolute Gasteiger partial charge is 0.349 e. The maximum Gasteiger partial charge on any atom is 0.191 e. The van der Waals surface area contributed by atoms with Crippen molar-refractivity contribution >= 4 is 26.5 Å². The van der Waals surface area contributed by atoms with Crippen LogP contribution in [-0.4, -0.2) is 24.0 Å². The van der Waals surface area contributed by atoms with Crippen LogP contribution in [-0.2, 0) is 23.3 Å². The molecule has 23 heavy (non-hydrogen) atoms. The van der Waals surface area contributed by atoms with E-state index in [9.17, 15) is 13.2 Å². The van der Waals surface area contributed by atoms with Crippen LogP contribution in [0.1, 0.15) is 15.9 Å². The summed E-state index contributed by atoms with van der Waals surface area (Å²) in [4.78, 5) is 12.8. The molecule has 0 fully saturated rings. The number of fused-ring (bicyclic) bond motifs is 2. The van der Waals surface area contributed by atoms with Crippen LogP contribution in [0, 0.1) is 0 Å². The maximum atomic E-state index is 13.1. The molecule has 5 heteroatoms. The van der Waals surface area contributed by atoms with E-state index in [0.717, 1.165) is 11.1 Å². The standard InChI is InChI=1S/C18H15NO3S/c1-19-11-17(14-8-4-5-9-15(14)19)23(21,22)16-10-12-6-2-3-7-13(12)18(16)20/h2-9,11,16H,10H2,1H3. The predicted octanol–water partition coefficient (Wildman–Crippen LogP) is 2.76. The average Bonchev–Trinajstić information content (AvgIpc) is 3.07. The minimum Gasteiger partial charge on any atom is -0.349 e. The molecule has 1 atom stereocenters. The lowest BCUT2D eigenvalue weighted by atomic mass is 10.1. The number of hydrogen-bond acceptors (Lipinski definition) is 3. The first-order valence-corrected chi connectivity index (χ1v) is 8.95. The van der Waals surface area contributed by atoms with Crippen LogP contribution in [0.2, 0.25) is 0 Å². The van der Waals surface area contributed by atoms with E-state index in [2.05, 4.69) is 0 Å². The van der Waals surface area contributed by atoms with Crippen LogP contribution in [0.4, 0.5) is 0 Å². The van der Waals surface area contributed by atoms with Gasteiger partial charge in [0.05, 0.1) is 4.90 Å². The molecule has 1 aliphatic carbocycles. The third kappa shape index (κ3) is 1.96. The van der Waals surface area contributed by atoms with E-state index in [0.29, 0.717) is 10.9 Å². The summed E-state index contributed by atoms with van der Waals surface area (Å²) in [6.07, 6.45) is 1.86. The average molecular weight is 325 g/mol. The quantitative estimate of drug-likeness (QED) is 0.728. The molecule has 1 heterocycles. The summed E-state index contributed by atoms with van der Waals surface area (Å²) in [7, 11) is -1.92. The minimum absolute atomic E-state index is 0.238. The van der Waals surface area contributed by atoms with Gasteiger partial charge in [0.15, 0.2) is 15.6 Å². The number of carbonyl (C=O) groups is 1. The summed E-state index contributed by atoms with van der Waals surface area (Å²) in [5.74, 6) is -0.298. The van der Waals surface area contributed by atoms with E-state index in [-0.39, 0.29) is 17.1 Å². The van der Waals surface area contributed by atoms with Crippen molar-refractivity contribution in [1.29, 1.82) is 0 Å². The van der Waals surface area contributed by atoms with Gasteiger partial charge >= 0.3 is 0 Å². The fraction of sp³-hybridized carbons (Fsp3) is 0.167. The number of nitrogens with zero attached hydrogens (tertiary/aromatic N) is 1. The number of aryl methyl sites for hydroxylation is 1. The minimum atomic E-state index is -3.73. The Morgan fingerprint density at radius 1 is 1.04 bits per heavy atom. The third-order valence-corrected chi connectivity index (χ3v) is 6.59. The highest BCUT2D eigenvalue weighted by Gasteiger charge is 2.41. The fourth-order valence-corrected chi connectivity index (χ4v) is 5.24. The second-order valence-electron chi connectivity index (χ2n) is 5.88. The Hall–Kier alpha value is -2.40. The molecule has 0 bridgehead atoms. The van der Waals surface area contributed by atoms with Gasteiger partial charge in [-0.1, -0.05) is 42.5 Å². The number of benzene rings is 2. The first-order valence-electron chi connectivity index (χ1n) is 7.40. The van der Waals surface area contributed by atoms with Crippen molar-refractivity contribution in [3.8, 4) is 0 Å². The summed E-state index contributed by atoms with van der Waals surface area (Å²) < 4.78 is 28.0. The fourth-order valence-electron chi connectivity index (χ4n) is 3.34. The number of para-hydroxylation sites is 1.